The molecule has 0 radical (unpaired) electrons. The Morgan fingerprint density at radius 3 is 2.71 bits per heavy atom. The summed E-state index contributed by atoms with van der Waals surface area (Å²) in [5.74, 6) is 0.877. The van der Waals surface area contributed by atoms with Crippen molar-refractivity contribution in [2.45, 2.75) is 63.4 Å². The van der Waals surface area contributed by atoms with E-state index in [2.05, 4.69) is 38.1 Å². The van der Waals surface area contributed by atoms with Gasteiger partial charge in [0.15, 0.2) is 0 Å². The van der Waals surface area contributed by atoms with E-state index in [0.29, 0.717) is 18.4 Å². The van der Waals surface area contributed by atoms with Crippen LogP contribution in [-0.4, -0.2) is 17.3 Å². The Labute approximate surface area is 128 Å². The fourth-order valence-corrected chi connectivity index (χ4v) is 5.08. The maximum atomic E-state index is 11.8. The van der Waals surface area contributed by atoms with Crippen LogP contribution in [0, 0.1) is 11.8 Å². The van der Waals surface area contributed by atoms with E-state index in [1.54, 1.807) is 0 Å². The second-order valence-corrected chi connectivity index (χ2v) is 7.38. The lowest BCUT2D eigenvalue weighted by molar-refractivity contribution is -0.125. The third-order valence-corrected chi connectivity index (χ3v) is 6.58. The van der Waals surface area contributed by atoms with Gasteiger partial charge >= 0.3 is 0 Å². The molecule has 116 valence electrons. The first kappa shape index (κ1) is 15.1. The lowest BCUT2D eigenvalue weighted by Crippen LogP contribution is -2.62. The molecule has 4 atom stereocenters. The van der Waals surface area contributed by atoms with Crippen molar-refractivity contribution in [3.8, 4) is 0 Å². The first-order chi connectivity index (χ1) is 10.0. The third-order valence-electron chi connectivity index (χ3n) is 6.58. The molecule has 2 heteroatoms. The standard InChI is InChI=1S/C19H29NO/c1-14-7-5-12-19(21,15(14)2)18(13-20)11-6-9-16-8-3-4-10-17(16)18/h3-4,8,10,14-15,21H,5-7,9,11-13,20H2,1-2H3. The van der Waals surface area contributed by atoms with Crippen LogP contribution in [0.4, 0.5) is 0 Å². The van der Waals surface area contributed by atoms with Crippen LogP contribution in [0.15, 0.2) is 24.3 Å². The smallest absolute Gasteiger partial charge is 0.0784 e. The molecule has 2 aliphatic rings. The van der Waals surface area contributed by atoms with Crippen molar-refractivity contribution in [3.05, 3.63) is 35.4 Å². The Morgan fingerprint density at radius 1 is 1.19 bits per heavy atom. The zero-order valence-corrected chi connectivity index (χ0v) is 13.4. The zero-order valence-electron chi connectivity index (χ0n) is 13.4. The molecule has 1 aromatic carbocycles. The quantitative estimate of drug-likeness (QED) is 0.875. The van der Waals surface area contributed by atoms with Gasteiger partial charge in [-0.15, -0.1) is 0 Å². The molecule has 1 fully saturated rings. The van der Waals surface area contributed by atoms with Gasteiger partial charge in [-0.1, -0.05) is 51.0 Å². The van der Waals surface area contributed by atoms with Crippen molar-refractivity contribution >= 4 is 0 Å². The Hall–Kier alpha value is -0.860. The highest BCUT2D eigenvalue weighted by Crippen LogP contribution is 2.53. The number of hydrogen-bond acceptors (Lipinski definition) is 2. The van der Waals surface area contributed by atoms with Crippen molar-refractivity contribution in [1.82, 2.24) is 0 Å². The summed E-state index contributed by atoms with van der Waals surface area (Å²) < 4.78 is 0. The molecule has 0 aromatic heterocycles. The van der Waals surface area contributed by atoms with Crippen LogP contribution in [0.1, 0.15) is 57.1 Å². The van der Waals surface area contributed by atoms with E-state index in [0.717, 1.165) is 32.1 Å². The normalized spacial score (nSPS) is 39.8. The predicted molar refractivity (Wildman–Crippen MR) is 87.2 cm³/mol. The topological polar surface area (TPSA) is 46.2 Å². The van der Waals surface area contributed by atoms with Gasteiger partial charge in [0.2, 0.25) is 0 Å². The average molecular weight is 287 g/mol. The Kier molecular flexibility index (Phi) is 3.87. The van der Waals surface area contributed by atoms with E-state index in [4.69, 9.17) is 5.73 Å². The minimum absolute atomic E-state index is 0.254. The summed E-state index contributed by atoms with van der Waals surface area (Å²) in [5.41, 5.74) is 8.12. The SMILES string of the molecule is CC1CCCC(O)(C2(CN)CCCc3ccccc32)C1C. The van der Waals surface area contributed by atoms with Gasteiger partial charge < -0.3 is 10.8 Å². The van der Waals surface area contributed by atoms with Gasteiger partial charge in [-0.3, -0.25) is 0 Å². The molecular formula is C19H29NO. The molecule has 3 N–H and O–H groups in total. The number of fused-ring (bicyclic) bond motifs is 1. The Bertz CT molecular complexity index is 514. The molecule has 1 aromatic rings. The summed E-state index contributed by atoms with van der Waals surface area (Å²) in [6.45, 7) is 5.07. The van der Waals surface area contributed by atoms with Crippen LogP contribution in [0.3, 0.4) is 0 Å². The summed E-state index contributed by atoms with van der Waals surface area (Å²) in [5, 5.41) is 11.8. The van der Waals surface area contributed by atoms with Crippen molar-refractivity contribution in [1.29, 1.82) is 0 Å². The highest BCUT2D eigenvalue weighted by molar-refractivity contribution is 5.41. The number of nitrogens with two attached hydrogens (primary N) is 1. The first-order valence-electron chi connectivity index (χ1n) is 8.56. The molecule has 0 bridgehead atoms. The Balaban J connectivity index is 2.13. The largest absolute Gasteiger partial charge is 0.389 e. The van der Waals surface area contributed by atoms with Gasteiger partial charge in [0.1, 0.15) is 0 Å². The highest BCUT2D eigenvalue weighted by atomic mass is 16.3. The molecule has 2 nitrogen and oxygen atoms in total. The molecule has 2 aliphatic carbocycles. The van der Waals surface area contributed by atoms with Gasteiger partial charge in [0, 0.05) is 12.0 Å². The lowest BCUT2D eigenvalue weighted by Gasteiger charge is -2.56. The first-order valence-corrected chi connectivity index (χ1v) is 8.56. The molecule has 4 unspecified atom stereocenters. The van der Waals surface area contributed by atoms with Crippen LogP contribution in [0.2, 0.25) is 0 Å². The van der Waals surface area contributed by atoms with E-state index >= 15 is 0 Å². The van der Waals surface area contributed by atoms with Crippen molar-refractivity contribution < 1.29 is 5.11 Å². The fourth-order valence-electron chi connectivity index (χ4n) is 5.08. The molecule has 3 rings (SSSR count). The zero-order chi connectivity index (χ0) is 15.1. The van der Waals surface area contributed by atoms with E-state index in [9.17, 15) is 5.11 Å². The fraction of sp³-hybridized carbons (Fsp3) is 0.684. The molecule has 0 amide bonds. The predicted octanol–water partition coefficient (Wildman–Crippen LogP) is 3.41. The minimum atomic E-state index is -0.657. The van der Waals surface area contributed by atoms with Crippen molar-refractivity contribution in [2.75, 3.05) is 6.54 Å². The maximum Gasteiger partial charge on any atom is 0.0784 e. The average Bonchev–Trinajstić information content (AvgIpc) is 2.51. The number of benzene rings is 1. The van der Waals surface area contributed by atoms with E-state index in [1.165, 1.54) is 17.5 Å². The summed E-state index contributed by atoms with van der Waals surface area (Å²) in [6.07, 6.45) is 6.52. The number of aliphatic hydroxyl groups is 1. The molecule has 0 aliphatic heterocycles. The molecule has 1 saturated carbocycles. The van der Waals surface area contributed by atoms with Gasteiger partial charge in [-0.2, -0.15) is 0 Å². The molecular weight excluding hydrogens is 258 g/mol. The van der Waals surface area contributed by atoms with Crippen LogP contribution >= 0.6 is 0 Å². The highest BCUT2D eigenvalue weighted by Gasteiger charge is 2.56. The van der Waals surface area contributed by atoms with E-state index in [1.807, 2.05) is 0 Å². The number of rotatable bonds is 2. The van der Waals surface area contributed by atoms with Crippen LogP contribution in [0.5, 0.6) is 0 Å². The second-order valence-electron chi connectivity index (χ2n) is 7.38. The van der Waals surface area contributed by atoms with Crippen LogP contribution in [-0.2, 0) is 11.8 Å². The van der Waals surface area contributed by atoms with E-state index < -0.39 is 5.60 Å². The number of aryl methyl sites for hydroxylation is 1. The molecule has 0 saturated heterocycles. The third kappa shape index (κ3) is 2.07. The van der Waals surface area contributed by atoms with E-state index in [-0.39, 0.29) is 5.41 Å². The molecule has 0 heterocycles. The summed E-state index contributed by atoms with van der Waals surface area (Å²) in [4.78, 5) is 0. The Morgan fingerprint density at radius 2 is 1.95 bits per heavy atom. The van der Waals surface area contributed by atoms with Gasteiger partial charge in [0.05, 0.1) is 5.60 Å². The van der Waals surface area contributed by atoms with Crippen molar-refractivity contribution in [2.24, 2.45) is 17.6 Å². The second kappa shape index (κ2) is 5.40. The summed E-state index contributed by atoms with van der Waals surface area (Å²) >= 11 is 0. The molecule has 21 heavy (non-hydrogen) atoms. The monoisotopic (exact) mass is 287 g/mol. The summed E-state index contributed by atoms with van der Waals surface area (Å²) in [6, 6.07) is 8.65. The van der Waals surface area contributed by atoms with Crippen molar-refractivity contribution in [3.63, 3.8) is 0 Å². The minimum Gasteiger partial charge on any atom is -0.389 e. The summed E-state index contributed by atoms with van der Waals surface area (Å²) in [7, 11) is 0. The van der Waals surface area contributed by atoms with Gasteiger partial charge in [-0.25, -0.2) is 0 Å². The number of hydrogen-bond donors (Lipinski definition) is 2. The lowest BCUT2D eigenvalue weighted by atomic mass is 9.52. The van der Waals surface area contributed by atoms with Gasteiger partial charge in [0.25, 0.3) is 0 Å². The van der Waals surface area contributed by atoms with Crippen LogP contribution in [0.25, 0.3) is 0 Å². The maximum absolute atomic E-state index is 11.8. The molecule has 0 spiro atoms. The van der Waals surface area contributed by atoms with Gasteiger partial charge in [-0.05, 0) is 48.6 Å². The van der Waals surface area contributed by atoms with Crippen LogP contribution < -0.4 is 5.73 Å².